The Morgan fingerprint density at radius 1 is 1.00 bits per heavy atom. The molecule has 0 saturated carbocycles. The van der Waals surface area contributed by atoms with Crippen molar-refractivity contribution in [1.82, 2.24) is 10.2 Å². The molecular formula is C24H31N3O. The second-order valence-corrected chi connectivity index (χ2v) is 8.09. The lowest BCUT2D eigenvalue weighted by atomic mass is 9.90. The molecule has 28 heavy (non-hydrogen) atoms. The highest BCUT2D eigenvalue weighted by Crippen LogP contribution is 2.25. The standard InChI is InChI=1S/C24H31N3O/c1-19-7-2-3-11-23(19)26-13-6-14-27(16-15-26)24(28)21-9-4-8-20(17-21)22-10-5-12-25-18-22/h2-4,7-9,11,17,22,25H,5-6,10,12-16,18H2,1H3/t22-/m0/s1. The van der Waals surface area contributed by atoms with Crippen molar-refractivity contribution in [2.24, 2.45) is 0 Å². The van der Waals surface area contributed by atoms with Crippen molar-refractivity contribution in [2.45, 2.75) is 32.1 Å². The molecule has 2 aromatic carbocycles. The number of carbonyl (C=O) groups is 1. The van der Waals surface area contributed by atoms with Crippen LogP contribution in [-0.4, -0.2) is 50.1 Å². The number of amides is 1. The molecule has 1 N–H and O–H groups in total. The normalized spacial score (nSPS) is 20.7. The van der Waals surface area contributed by atoms with Crippen LogP contribution in [0.2, 0.25) is 0 Å². The number of rotatable bonds is 3. The summed E-state index contributed by atoms with van der Waals surface area (Å²) in [5.74, 6) is 0.708. The molecule has 4 heteroatoms. The van der Waals surface area contributed by atoms with E-state index in [2.05, 4.69) is 59.6 Å². The van der Waals surface area contributed by atoms with E-state index in [1.807, 2.05) is 11.0 Å². The Bertz CT molecular complexity index is 813. The van der Waals surface area contributed by atoms with Gasteiger partial charge in [-0.25, -0.2) is 0 Å². The van der Waals surface area contributed by atoms with Crippen LogP contribution >= 0.6 is 0 Å². The van der Waals surface area contributed by atoms with Gasteiger partial charge in [0.1, 0.15) is 0 Å². The van der Waals surface area contributed by atoms with E-state index in [0.717, 1.165) is 51.3 Å². The SMILES string of the molecule is Cc1ccccc1N1CCCN(C(=O)c2cccc([C@H]3CCCNC3)c2)CC1. The maximum absolute atomic E-state index is 13.2. The van der Waals surface area contributed by atoms with E-state index in [0.29, 0.717) is 5.92 Å². The Balaban J connectivity index is 1.44. The van der Waals surface area contributed by atoms with Crippen molar-refractivity contribution >= 4 is 11.6 Å². The van der Waals surface area contributed by atoms with E-state index >= 15 is 0 Å². The lowest BCUT2D eigenvalue weighted by Crippen LogP contribution is -2.35. The number of hydrogen-bond donors (Lipinski definition) is 1. The molecular weight excluding hydrogens is 346 g/mol. The van der Waals surface area contributed by atoms with Gasteiger partial charge in [-0.2, -0.15) is 0 Å². The molecule has 4 rings (SSSR count). The van der Waals surface area contributed by atoms with Crippen molar-refractivity contribution in [2.75, 3.05) is 44.2 Å². The number of hydrogen-bond acceptors (Lipinski definition) is 3. The second-order valence-electron chi connectivity index (χ2n) is 8.09. The van der Waals surface area contributed by atoms with Gasteiger partial charge >= 0.3 is 0 Å². The molecule has 2 aliphatic heterocycles. The van der Waals surface area contributed by atoms with Crippen molar-refractivity contribution in [1.29, 1.82) is 0 Å². The molecule has 1 atom stereocenters. The molecule has 148 valence electrons. The van der Waals surface area contributed by atoms with Crippen molar-refractivity contribution in [3.8, 4) is 0 Å². The minimum atomic E-state index is 0.178. The third-order valence-electron chi connectivity index (χ3n) is 6.14. The number of para-hydroxylation sites is 1. The largest absolute Gasteiger partial charge is 0.369 e. The van der Waals surface area contributed by atoms with Gasteiger partial charge in [0.05, 0.1) is 0 Å². The molecule has 0 radical (unpaired) electrons. The molecule has 0 spiro atoms. The first-order valence-corrected chi connectivity index (χ1v) is 10.6. The summed E-state index contributed by atoms with van der Waals surface area (Å²) < 4.78 is 0. The van der Waals surface area contributed by atoms with Gasteiger partial charge in [0.2, 0.25) is 0 Å². The van der Waals surface area contributed by atoms with Gasteiger partial charge in [-0.15, -0.1) is 0 Å². The van der Waals surface area contributed by atoms with E-state index in [1.54, 1.807) is 0 Å². The van der Waals surface area contributed by atoms with E-state index in [-0.39, 0.29) is 5.91 Å². The fraction of sp³-hybridized carbons (Fsp3) is 0.458. The Morgan fingerprint density at radius 2 is 1.89 bits per heavy atom. The summed E-state index contributed by atoms with van der Waals surface area (Å²) in [5, 5.41) is 3.48. The Hall–Kier alpha value is -2.33. The van der Waals surface area contributed by atoms with Crippen LogP contribution in [0.4, 0.5) is 5.69 Å². The van der Waals surface area contributed by atoms with E-state index in [1.165, 1.54) is 29.7 Å². The first kappa shape index (κ1) is 19.0. The Labute approximate surface area is 168 Å². The molecule has 2 heterocycles. The highest BCUT2D eigenvalue weighted by Gasteiger charge is 2.22. The van der Waals surface area contributed by atoms with Crippen LogP contribution in [-0.2, 0) is 0 Å². The number of benzene rings is 2. The van der Waals surface area contributed by atoms with Crippen molar-refractivity contribution < 1.29 is 4.79 Å². The van der Waals surface area contributed by atoms with E-state index < -0.39 is 0 Å². The molecule has 2 aromatic rings. The molecule has 1 amide bonds. The smallest absolute Gasteiger partial charge is 0.253 e. The molecule has 0 bridgehead atoms. The first-order valence-electron chi connectivity index (χ1n) is 10.6. The van der Waals surface area contributed by atoms with Crippen LogP contribution in [0.25, 0.3) is 0 Å². The van der Waals surface area contributed by atoms with Crippen LogP contribution in [0.15, 0.2) is 48.5 Å². The van der Waals surface area contributed by atoms with Gasteiger partial charge in [0.25, 0.3) is 5.91 Å². The lowest BCUT2D eigenvalue weighted by Gasteiger charge is -2.26. The molecule has 4 nitrogen and oxygen atoms in total. The molecule has 0 aliphatic carbocycles. The quantitative estimate of drug-likeness (QED) is 0.883. The van der Waals surface area contributed by atoms with Gasteiger partial charge in [0.15, 0.2) is 0 Å². The zero-order valence-electron chi connectivity index (χ0n) is 16.9. The lowest BCUT2D eigenvalue weighted by molar-refractivity contribution is 0.0767. The van der Waals surface area contributed by atoms with Crippen molar-refractivity contribution in [3.05, 3.63) is 65.2 Å². The Morgan fingerprint density at radius 3 is 2.71 bits per heavy atom. The van der Waals surface area contributed by atoms with Crippen LogP contribution in [0.1, 0.15) is 46.7 Å². The molecule has 2 fully saturated rings. The Kier molecular flexibility index (Phi) is 5.96. The third-order valence-corrected chi connectivity index (χ3v) is 6.14. The van der Waals surface area contributed by atoms with Crippen LogP contribution in [0.5, 0.6) is 0 Å². The monoisotopic (exact) mass is 377 g/mol. The molecule has 2 aliphatic rings. The maximum atomic E-state index is 13.2. The number of anilines is 1. The number of nitrogens with zero attached hydrogens (tertiary/aromatic N) is 2. The average Bonchev–Trinajstić information content (AvgIpc) is 3.00. The predicted molar refractivity (Wildman–Crippen MR) is 115 cm³/mol. The minimum Gasteiger partial charge on any atom is -0.369 e. The zero-order valence-corrected chi connectivity index (χ0v) is 16.9. The summed E-state index contributed by atoms with van der Waals surface area (Å²) in [6.45, 7) is 7.80. The number of nitrogens with one attached hydrogen (secondary N) is 1. The fourth-order valence-electron chi connectivity index (χ4n) is 4.52. The average molecular weight is 378 g/mol. The highest BCUT2D eigenvalue weighted by atomic mass is 16.2. The summed E-state index contributed by atoms with van der Waals surface area (Å²) in [7, 11) is 0. The van der Waals surface area contributed by atoms with Crippen molar-refractivity contribution in [3.63, 3.8) is 0 Å². The number of carbonyl (C=O) groups excluding carboxylic acids is 1. The fourth-order valence-corrected chi connectivity index (χ4v) is 4.52. The highest BCUT2D eigenvalue weighted by molar-refractivity contribution is 5.94. The molecule has 0 unspecified atom stereocenters. The second kappa shape index (κ2) is 8.78. The van der Waals surface area contributed by atoms with Crippen LogP contribution < -0.4 is 10.2 Å². The molecule has 2 saturated heterocycles. The summed E-state index contributed by atoms with van der Waals surface area (Å²) in [6.07, 6.45) is 3.43. The topological polar surface area (TPSA) is 35.6 Å². The van der Waals surface area contributed by atoms with Gasteiger partial charge in [-0.05, 0) is 68.0 Å². The predicted octanol–water partition coefficient (Wildman–Crippen LogP) is 3.81. The zero-order chi connectivity index (χ0) is 19.3. The number of piperidine rings is 1. The van der Waals surface area contributed by atoms with Gasteiger partial charge in [-0.3, -0.25) is 4.79 Å². The van der Waals surface area contributed by atoms with Gasteiger partial charge in [-0.1, -0.05) is 30.3 Å². The maximum Gasteiger partial charge on any atom is 0.253 e. The summed E-state index contributed by atoms with van der Waals surface area (Å²) in [6, 6.07) is 16.9. The van der Waals surface area contributed by atoms with E-state index in [4.69, 9.17) is 0 Å². The summed E-state index contributed by atoms with van der Waals surface area (Å²) in [4.78, 5) is 17.7. The third kappa shape index (κ3) is 4.22. The van der Waals surface area contributed by atoms with E-state index in [9.17, 15) is 4.79 Å². The number of aryl methyl sites for hydroxylation is 1. The van der Waals surface area contributed by atoms with Gasteiger partial charge < -0.3 is 15.1 Å². The van der Waals surface area contributed by atoms with Crippen LogP contribution in [0, 0.1) is 6.92 Å². The van der Waals surface area contributed by atoms with Crippen LogP contribution in [0.3, 0.4) is 0 Å². The minimum absolute atomic E-state index is 0.178. The summed E-state index contributed by atoms with van der Waals surface area (Å²) in [5.41, 5.74) is 4.74. The molecule has 0 aromatic heterocycles. The first-order chi connectivity index (χ1) is 13.7. The summed E-state index contributed by atoms with van der Waals surface area (Å²) >= 11 is 0. The van der Waals surface area contributed by atoms with Gasteiger partial charge in [0, 0.05) is 44.0 Å².